The van der Waals surface area contributed by atoms with Crippen molar-refractivity contribution in [3.05, 3.63) is 35.6 Å². The third-order valence-electron chi connectivity index (χ3n) is 3.43. The SMILES string of the molecule is NCC1(c2ccc(F)cc2)CCC(O)C1. The Kier molecular flexibility index (Phi) is 2.76. The predicted molar refractivity (Wildman–Crippen MR) is 57.0 cm³/mol. The highest BCUT2D eigenvalue weighted by atomic mass is 19.1. The average molecular weight is 209 g/mol. The number of hydrogen-bond donors (Lipinski definition) is 2. The number of aliphatic hydroxyl groups is 1. The van der Waals surface area contributed by atoms with Gasteiger partial charge in [-0.1, -0.05) is 12.1 Å². The van der Waals surface area contributed by atoms with Crippen LogP contribution in [0.3, 0.4) is 0 Å². The van der Waals surface area contributed by atoms with Crippen molar-refractivity contribution in [2.24, 2.45) is 5.73 Å². The predicted octanol–water partition coefficient (Wildman–Crippen LogP) is 1.57. The Bertz CT molecular complexity index is 338. The molecule has 0 heterocycles. The van der Waals surface area contributed by atoms with Crippen LogP contribution in [0.5, 0.6) is 0 Å². The molecule has 0 bridgehead atoms. The normalized spacial score (nSPS) is 30.7. The summed E-state index contributed by atoms with van der Waals surface area (Å²) in [5.74, 6) is -0.232. The van der Waals surface area contributed by atoms with E-state index in [4.69, 9.17) is 5.73 Å². The van der Waals surface area contributed by atoms with Crippen molar-refractivity contribution in [3.63, 3.8) is 0 Å². The first-order valence-electron chi connectivity index (χ1n) is 5.30. The van der Waals surface area contributed by atoms with E-state index in [0.29, 0.717) is 13.0 Å². The van der Waals surface area contributed by atoms with E-state index in [9.17, 15) is 9.50 Å². The molecule has 1 aromatic rings. The molecule has 3 heteroatoms. The molecule has 1 aliphatic rings. The zero-order valence-electron chi connectivity index (χ0n) is 8.62. The van der Waals surface area contributed by atoms with Crippen molar-refractivity contribution < 1.29 is 9.50 Å². The van der Waals surface area contributed by atoms with Crippen LogP contribution in [0.2, 0.25) is 0 Å². The van der Waals surface area contributed by atoms with E-state index in [1.165, 1.54) is 12.1 Å². The monoisotopic (exact) mass is 209 g/mol. The van der Waals surface area contributed by atoms with Gasteiger partial charge in [0, 0.05) is 12.0 Å². The van der Waals surface area contributed by atoms with Crippen LogP contribution in [-0.4, -0.2) is 17.8 Å². The van der Waals surface area contributed by atoms with E-state index in [1.807, 2.05) is 0 Å². The quantitative estimate of drug-likeness (QED) is 0.776. The second-order valence-electron chi connectivity index (χ2n) is 4.39. The van der Waals surface area contributed by atoms with Gasteiger partial charge in [0.05, 0.1) is 6.10 Å². The van der Waals surface area contributed by atoms with Crippen LogP contribution in [0, 0.1) is 5.82 Å². The second-order valence-corrected chi connectivity index (χ2v) is 4.39. The molecule has 2 unspecified atom stereocenters. The number of nitrogens with two attached hydrogens (primary N) is 1. The second kappa shape index (κ2) is 3.91. The number of hydrogen-bond acceptors (Lipinski definition) is 2. The summed E-state index contributed by atoms with van der Waals surface area (Å²) in [4.78, 5) is 0. The number of rotatable bonds is 2. The van der Waals surface area contributed by atoms with Crippen LogP contribution >= 0.6 is 0 Å². The Hall–Kier alpha value is -0.930. The lowest BCUT2D eigenvalue weighted by Gasteiger charge is -2.27. The van der Waals surface area contributed by atoms with Gasteiger partial charge in [-0.2, -0.15) is 0 Å². The Labute approximate surface area is 88.9 Å². The smallest absolute Gasteiger partial charge is 0.123 e. The van der Waals surface area contributed by atoms with Crippen molar-refractivity contribution in [3.8, 4) is 0 Å². The van der Waals surface area contributed by atoms with Crippen LogP contribution in [0.25, 0.3) is 0 Å². The fourth-order valence-corrected chi connectivity index (χ4v) is 2.47. The summed E-state index contributed by atoms with van der Waals surface area (Å²) >= 11 is 0. The average Bonchev–Trinajstić information content (AvgIpc) is 2.62. The molecular weight excluding hydrogens is 193 g/mol. The minimum absolute atomic E-state index is 0.146. The summed E-state index contributed by atoms with van der Waals surface area (Å²) in [6, 6.07) is 6.47. The van der Waals surface area contributed by atoms with E-state index >= 15 is 0 Å². The summed E-state index contributed by atoms with van der Waals surface area (Å²) in [5, 5.41) is 9.58. The number of benzene rings is 1. The molecule has 82 valence electrons. The minimum Gasteiger partial charge on any atom is -0.393 e. The maximum atomic E-state index is 12.8. The maximum Gasteiger partial charge on any atom is 0.123 e. The molecule has 0 saturated heterocycles. The first-order chi connectivity index (χ1) is 7.16. The Morgan fingerprint density at radius 3 is 2.53 bits per heavy atom. The molecule has 3 N–H and O–H groups in total. The minimum atomic E-state index is -0.265. The topological polar surface area (TPSA) is 46.2 Å². The van der Waals surface area contributed by atoms with Crippen LogP contribution < -0.4 is 5.73 Å². The highest BCUT2D eigenvalue weighted by Crippen LogP contribution is 2.40. The van der Waals surface area contributed by atoms with Gasteiger partial charge in [0.15, 0.2) is 0 Å². The first-order valence-corrected chi connectivity index (χ1v) is 5.30. The van der Waals surface area contributed by atoms with Crippen molar-refractivity contribution in [1.82, 2.24) is 0 Å². The van der Waals surface area contributed by atoms with Gasteiger partial charge in [0.25, 0.3) is 0 Å². The van der Waals surface area contributed by atoms with Gasteiger partial charge >= 0.3 is 0 Å². The molecular formula is C12H16FNO. The van der Waals surface area contributed by atoms with Gasteiger partial charge in [-0.3, -0.25) is 0 Å². The molecule has 1 saturated carbocycles. The van der Waals surface area contributed by atoms with E-state index < -0.39 is 0 Å². The van der Waals surface area contributed by atoms with E-state index in [0.717, 1.165) is 18.4 Å². The lowest BCUT2D eigenvalue weighted by atomic mass is 9.79. The van der Waals surface area contributed by atoms with Crippen LogP contribution in [0.4, 0.5) is 4.39 Å². The third-order valence-corrected chi connectivity index (χ3v) is 3.43. The Morgan fingerprint density at radius 1 is 1.40 bits per heavy atom. The molecule has 15 heavy (non-hydrogen) atoms. The van der Waals surface area contributed by atoms with Gasteiger partial charge in [0.1, 0.15) is 5.82 Å². The van der Waals surface area contributed by atoms with Gasteiger partial charge in [-0.05, 0) is 37.0 Å². The zero-order chi connectivity index (χ0) is 10.9. The van der Waals surface area contributed by atoms with E-state index in [2.05, 4.69) is 0 Å². The molecule has 0 spiro atoms. The van der Waals surface area contributed by atoms with Crippen molar-refractivity contribution >= 4 is 0 Å². The van der Waals surface area contributed by atoms with Crippen molar-refractivity contribution in [2.75, 3.05) is 6.54 Å². The van der Waals surface area contributed by atoms with Gasteiger partial charge in [-0.25, -0.2) is 4.39 Å². The zero-order valence-corrected chi connectivity index (χ0v) is 8.62. The Balaban J connectivity index is 2.30. The summed E-state index contributed by atoms with van der Waals surface area (Å²) in [7, 11) is 0. The van der Waals surface area contributed by atoms with Gasteiger partial charge in [-0.15, -0.1) is 0 Å². The lowest BCUT2D eigenvalue weighted by Crippen LogP contribution is -2.33. The molecule has 1 aromatic carbocycles. The van der Waals surface area contributed by atoms with Gasteiger partial charge in [0.2, 0.25) is 0 Å². The molecule has 1 aliphatic carbocycles. The van der Waals surface area contributed by atoms with Crippen LogP contribution in [0.1, 0.15) is 24.8 Å². The molecule has 0 amide bonds. The molecule has 0 aliphatic heterocycles. The van der Waals surface area contributed by atoms with Gasteiger partial charge < -0.3 is 10.8 Å². The summed E-state index contributed by atoms with van der Waals surface area (Å²) < 4.78 is 12.8. The van der Waals surface area contributed by atoms with Crippen LogP contribution in [-0.2, 0) is 5.41 Å². The number of aliphatic hydroxyl groups excluding tert-OH is 1. The highest BCUT2D eigenvalue weighted by molar-refractivity contribution is 5.28. The molecule has 2 rings (SSSR count). The summed E-state index contributed by atoms with van der Waals surface area (Å²) in [6.45, 7) is 0.510. The fourth-order valence-electron chi connectivity index (χ4n) is 2.47. The maximum absolute atomic E-state index is 12.8. The number of halogens is 1. The first kappa shape index (κ1) is 10.6. The highest BCUT2D eigenvalue weighted by Gasteiger charge is 2.38. The fraction of sp³-hybridized carbons (Fsp3) is 0.500. The van der Waals surface area contributed by atoms with Crippen molar-refractivity contribution in [1.29, 1.82) is 0 Å². The molecule has 1 fully saturated rings. The molecule has 0 aromatic heterocycles. The van der Waals surface area contributed by atoms with Crippen molar-refractivity contribution in [2.45, 2.75) is 30.8 Å². The Morgan fingerprint density at radius 2 is 2.07 bits per heavy atom. The summed E-state index contributed by atoms with van der Waals surface area (Å²) in [6.07, 6.45) is 2.10. The summed E-state index contributed by atoms with van der Waals surface area (Å²) in [5.41, 5.74) is 6.69. The standard InChI is InChI=1S/C12H16FNO/c13-10-3-1-9(2-4-10)12(8-14)6-5-11(15)7-12/h1-4,11,15H,5-8,14H2. The van der Waals surface area contributed by atoms with E-state index in [-0.39, 0.29) is 17.3 Å². The lowest BCUT2D eigenvalue weighted by molar-refractivity contribution is 0.174. The molecule has 0 radical (unpaired) electrons. The third kappa shape index (κ3) is 1.90. The molecule has 2 atom stereocenters. The van der Waals surface area contributed by atoms with Crippen LogP contribution in [0.15, 0.2) is 24.3 Å². The largest absolute Gasteiger partial charge is 0.393 e. The molecule has 2 nitrogen and oxygen atoms in total. The van der Waals surface area contributed by atoms with E-state index in [1.54, 1.807) is 12.1 Å².